The summed E-state index contributed by atoms with van der Waals surface area (Å²) in [7, 11) is -9.48. The van der Waals surface area contributed by atoms with Gasteiger partial charge in [-0.2, -0.15) is 0 Å². The van der Waals surface area contributed by atoms with Crippen LogP contribution in [0.5, 0.6) is 0 Å². The molecule has 0 saturated carbocycles. The van der Waals surface area contributed by atoms with Gasteiger partial charge < -0.3 is 73.2 Å². The van der Waals surface area contributed by atoms with Crippen LogP contribution >= 0.6 is 0 Å². The number of hydrogen-bond acceptors (Lipinski definition) is 12. The second-order valence-corrected chi connectivity index (χ2v) is 7.36. The molecular formula is C14H30Cu2N2O16S2+4. The summed E-state index contributed by atoms with van der Waals surface area (Å²) in [6, 6.07) is 7.09. The predicted octanol–water partition coefficient (Wildman–Crippen LogP) is -9.30. The minimum Gasteiger partial charge on any atom is -0.744 e. The average Bonchev–Trinajstić information content (AvgIpc) is 2.60. The van der Waals surface area contributed by atoms with Crippen LogP contribution in [0.4, 0.5) is 0 Å². The third-order valence-corrected chi connectivity index (χ3v) is 4.50. The zero-order valence-electron chi connectivity index (χ0n) is 17.8. The van der Waals surface area contributed by atoms with Crippen LogP contribution < -0.4 is 21.7 Å². The van der Waals surface area contributed by atoms with Crippen molar-refractivity contribution in [2.24, 2.45) is 11.5 Å². The molecule has 0 unspecified atom stereocenters. The molecule has 0 aromatic heterocycles. The topological polar surface area (TPSA) is 442 Å². The first-order valence-electron chi connectivity index (χ1n) is 6.99. The molecule has 36 heavy (non-hydrogen) atoms. The van der Waals surface area contributed by atoms with Crippen LogP contribution in [0, 0.1) is 0 Å². The molecule has 2 aromatic carbocycles. The minimum atomic E-state index is -4.74. The molecule has 0 bridgehead atoms. The molecule has 20 N–H and O–H groups in total. The number of fused-ring (bicyclic) bond motifs is 1. The van der Waals surface area contributed by atoms with Crippen molar-refractivity contribution in [3.05, 3.63) is 36.4 Å². The smallest absolute Gasteiger partial charge is 0.744 e. The fourth-order valence-corrected chi connectivity index (χ4v) is 3.07. The zero-order chi connectivity index (χ0) is 22.1. The first-order chi connectivity index (χ1) is 12.8. The van der Waals surface area contributed by atoms with E-state index in [2.05, 4.69) is 11.5 Å². The molecule has 0 aliphatic carbocycles. The fourth-order valence-electron chi connectivity index (χ4n) is 1.69. The third kappa shape index (κ3) is 21.5. The van der Waals surface area contributed by atoms with Crippen molar-refractivity contribution in [2.45, 2.75) is 9.79 Å². The van der Waals surface area contributed by atoms with Gasteiger partial charge in [0.25, 0.3) is 0 Å². The maximum atomic E-state index is 11.0. The Balaban J connectivity index is -0.0000000507. The average molecular weight is 674 g/mol. The summed E-state index contributed by atoms with van der Waals surface area (Å²) in [6.07, 6.45) is 0. The Hall–Kier alpha value is -1.82. The van der Waals surface area contributed by atoms with Gasteiger partial charge in [0.15, 0.2) is 0 Å². The van der Waals surface area contributed by atoms with Gasteiger partial charge in [0.05, 0.1) is 21.7 Å². The van der Waals surface area contributed by atoms with Crippen LogP contribution in [-0.4, -0.2) is 61.9 Å². The summed E-state index contributed by atoms with van der Waals surface area (Å²) in [5.74, 6) is -2.44. The van der Waals surface area contributed by atoms with E-state index >= 15 is 0 Å². The maximum absolute atomic E-state index is 11.0. The molecule has 2 radical (unpaired) electrons. The van der Waals surface area contributed by atoms with Gasteiger partial charge in [0.1, 0.15) is 20.2 Å². The third-order valence-electron chi connectivity index (χ3n) is 2.71. The van der Waals surface area contributed by atoms with Gasteiger partial charge >= 0.3 is 34.1 Å². The largest absolute Gasteiger partial charge is 2.00 e. The molecule has 222 valence electrons. The van der Waals surface area contributed by atoms with Gasteiger partial charge in [-0.15, -0.1) is 0 Å². The Bertz CT molecular complexity index is 982. The van der Waals surface area contributed by atoms with Crippen molar-refractivity contribution < 1.29 is 113 Å². The number of hydrogen-bond donors (Lipinski definition) is 2. The van der Waals surface area contributed by atoms with E-state index < -0.39 is 42.0 Å². The van der Waals surface area contributed by atoms with Gasteiger partial charge in [0, 0.05) is 23.9 Å². The molecule has 0 amide bonds. The van der Waals surface area contributed by atoms with Gasteiger partial charge in [-0.05, 0) is 12.1 Å². The summed E-state index contributed by atoms with van der Waals surface area (Å²) in [6.45, 7) is -0.778. The second kappa shape index (κ2) is 26.2. The quantitative estimate of drug-likeness (QED) is 0.173. The van der Waals surface area contributed by atoms with Crippen molar-refractivity contribution in [2.75, 3.05) is 13.1 Å². The molecule has 0 saturated heterocycles. The SMILES string of the molecule is NCC(=O)[O-].NCC(=O)[O-].O.O.O=S(=O)([O-])c1cccc2c(S(=O)(=O)[O-])cccc12.[Cu+2].[Cu+2].[OH3+].[OH3+].[OH3+].[OH3+]. The van der Waals surface area contributed by atoms with Crippen molar-refractivity contribution in [1.82, 2.24) is 0 Å². The normalized spacial score (nSPS) is 8.44. The number of carboxylic acids is 2. The Labute approximate surface area is 226 Å². The summed E-state index contributed by atoms with van der Waals surface area (Å²) in [4.78, 5) is 17.2. The van der Waals surface area contributed by atoms with Crippen molar-refractivity contribution in [3.8, 4) is 0 Å². The zero-order valence-corrected chi connectivity index (χ0v) is 21.4. The first kappa shape index (κ1) is 59.3. The van der Waals surface area contributed by atoms with Crippen LogP contribution in [-0.2, 0) is 85.9 Å². The Morgan fingerprint density at radius 1 is 0.639 bits per heavy atom. The second-order valence-electron chi connectivity index (χ2n) is 4.67. The molecule has 22 heteroatoms. The molecule has 0 aliphatic rings. The van der Waals surface area contributed by atoms with Crippen LogP contribution in [0.1, 0.15) is 0 Å². The molecule has 0 atom stereocenters. The Morgan fingerprint density at radius 3 is 0.972 bits per heavy atom. The molecule has 0 spiro atoms. The number of aliphatic carboxylic acids is 2. The van der Waals surface area contributed by atoms with Crippen LogP contribution in [0.15, 0.2) is 46.2 Å². The standard InChI is InChI=1S/C10H8O6S2.2C2H5NO2.2Cu.6H2O/c11-17(12,13)9-5-1-3-7-8(9)4-2-6-10(7)18(14,15)16;2*3-1-2(4)5;;;;;;;;/h1-6H,(H,11,12,13)(H,14,15,16);2*1,3H2,(H,4,5);;;6*1H2/q;;;2*+2;;;;;;. The van der Waals surface area contributed by atoms with E-state index in [0.29, 0.717) is 0 Å². The van der Waals surface area contributed by atoms with Crippen LogP contribution in [0.25, 0.3) is 10.8 Å². The summed E-state index contributed by atoms with van der Waals surface area (Å²) in [5, 5.41) is 18.1. The van der Waals surface area contributed by atoms with Gasteiger partial charge in [0.2, 0.25) is 0 Å². The minimum absolute atomic E-state index is 0. The van der Waals surface area contributed by atoms with E-state index in [0.717, 1.165) is 12.1 Å². The first-order valence-corrected chi connectivity index (χ1v) is 9.80. The summed E-state index contributed by atoms with van der Waals surface area (Å²) < 4.78 is 66.1. The number of benzene rings is 2. The Morgan fingerprint density at radius 2 is 0.833 bits per heavy atom. The summed E-state index contributed by atoms with van der Waals surface area (Å²) >= 11 is 0. The number of carbonyl (C=O) groups is 2. The number of carboxylic acid groups (broad SMARTS) is 2. The van der Waals surface area contributed by atoms with Crippen molar-refractivity contribution in [3.63, 3.8) is 0 Å². The monoisotopic (exact) mass is 672 g/mol. The van der Waals surface area contributed by atoms with E-state index in [1.807, 2.05) is 0 Å². The molecule has 0 heterocycles. The molecular weight excluding hydrogens is 643 g/mol. The van der Waals surface area contributed by atoms with Gasteiger partial charge in [-0.1, -0.05) is 24.3 Å². The molecule has 0 fully saturated rings. The van der Waals surface area contributed by atoms with Crippen LogP contribution in [0.3, 0.4) is 0 Å². The summed E-state index contributed by atoms with van der Waals surface area (Å²) in [5.41, 5.74) is 9.02. The van der Waals surface area contributed by atoms with Crippen molar-refractivity contribution >= 4 is 42.9 Å². The maximum Gasteiger partial charge on any atom is 2.00 e. The number of rotatable bonds is 4. The van der Waals surface area contributed by atoms with Gasteiger partial charge in [-0.3, -0.25) is 0 Å². The Kier molecular flexibility index (Phi) is 43.3. The number of carbonyl (C=O) groups excluding carboxylic acids is 2. The fraction of sp³-hybridized carbons (Fsp3) is 0.143. The van der Waals surface area contributed by atoms with Gasteiger partial charge in [-0.25, -0.2) is 16.8 Å². The molecule has 0 aliphatic heterocycles. The van der Waals surface area contributed by atoms with E-state index in [1.165, 1.54) is 24.3 Å². The van der Waals surface area contributed by atoms with Crippen molar-refractivity contribution in [1.29, 1.82) is 0 Å². The molecule has 2 rings (SSSR count). The van der Waals surface area contributed by atoms with E-state index in [4.69, 9.17) is 19.8 Å². The predicted molar refractivity (Wildman–Crippen MR) is 115 cm³/mol. The number of nitrogens with two attached hydrogens (primary N) is 2. The van der Waals surface area contributed by atoms with E-state index in [1.54, 1.807) is 0 Å². The molecule has 18 nitrogen and oxygen atoms in total. The van der Waals surface area contributed by atoms with E-state index in [9.17, 15) is 25.9 Å². The van der Waals surface area contributed by atoms with Crippen LogP contribution in [0.2, 0.25) is 0 Å². The van der Waals surface area contributed by atoms with E-state index in [-0.39, 0.29) is 90.9 Å². The molecule has 2 aromatic rings.